The number of hydrogen-bond donors (Lipinski definition) is 2. The number of aromatic amines is 1. The lowest BCUT2D eigenvalue weighted by atomic mass is 9.48. The zero-order chi connectivity index (χ0) is 21.9. The third-order valence-corrected chi connectivity index (χ3v) is 9.82. The highest BCUT2D eigenvalue weighted by atomic mass is 16.3. The molecule has 2 N–H and O–H groups in total. The first-order valence-corrected chi connectivity index (χ1v) is 12.5. The second-order valence-electron chi connectivity index (χ2n) is 11.2. The predicted molar refractivity (Wildman–Crippen MR) is 131 cm³/mol. The van der Waals surface area contributed by atoms with Crippen molar-refractivity contribution in [2.45, 2.75) is 71.3 Å². The molecule has 4 aliphatic carbocycles. The summed E-state index contributed by atoms with van der Waals surface area (Å²) in [5, 5.41) is 20.8. The normalized spacial score (nSPS) is 40.3. The smallest absolute Gasteiger partial charge is 0.0589 e. The lowest BCUT2D eigenvalue weighted by Gasteiger charge is -2.57. The third kappa shape index (κ3) is 2.98. The Balaban J connectivity index is 1.25. The van der Waals surface area contributed by atoms with E-state index in [4.69, 9.17) is 5.10 Å². The molecule has 4 aliphatic rings. The average molecular weight is 430 g/mol. The molecule has 0 saturated heterocycles. The number of para-hydroxylation sites is 1. The predicted octanol–water partition coefficient (Wildman–Crippen LogP) is 6.27. The summed E-state index contributed by atoms with van der Waals surface area (Å²) in [7, 11) is 0. The summed E-state index contributed by atoms with van der Waals surface area (Å²) < 4.78 is 0. The van der Waals surface area contributed by atoms with Gasteiger partial charge in [-0.3, -0.25) is 0 Å². The first-order chi connectivity index (χ1) is 15.5. The summed E-state index contributed by atoms with van der Waals surface area (Å²) in [5.41, 5.74) is 5.60. The summed E-state index contributed by atoms with van der Waals surface area (Å²) in [4.78, 5) is 3.32. The maximum atomic E-state index is 10.2. The van der Waals surface area contributed by atoms with Gasteiger partial charge >= 0.3 is 0 Å². The molecule has 0 aliphatic heterocycles. The first-order valence-electron chi connectivity index (χ1n) is 12.5. The zero-order valence-corrected chi connectivity index (χ0v) is 19.3. The Kier molecular flexibility index (Phi) is 4.73. The monoisotopic (exact) mass is 429 g/mol. The van der Waals surface area contributed by atoms with Crippen LogP contribution in [0.2, 0.25) is 0 Å². The summed E-state index contributed by atoms with van der Waals surface area (Å²) in [6.07, 6.45) is 15.4. The van der Waals surface area contributed by atoms with Gasteiger partial charge in [0.15, 0.2) is 0 Å². The van der Waals surface area contributed by atoms with E-state index in [1.807, 2.05) is 12.4 Å². The van der Waals surface area contributed by atoms with E-state index < -0.39 is 0 Å². The van der Waals surface area contributed by atoms with Gasteiger partial charge < -0.3 is 10.1 Å². The van der Waals surface area contributed by atoms with E-state index in [1.54, 1.807) is 5.57 Å². The number of nitrogens with one attached hydrogen (secondary N) is 1. The number of benzene rings is 1. The molecular weight excluding hydrogens is 394 g/mol. The van der Waals surface area contributed by atoms with Crippen LogP contribution in [-0.2, 0) is 0 Å². The van der Waals surface area contributed by atoms with Crippen LogP contribution in [0.1, 0.15) is 70.8 Å². The molecule has 4 heteroatoms. The van der Waals surface area contributed by atoms with Crippen LogP contribution in [0.4, 0.5) is 0 Å². The van der Waals surface area contributed by atoms with Crippen LogP contribution in [0.15, 0.2) is 52.3 Å². The molecule has 32 heavy (non-hydrogen) atoms. The maximum absolute atomic E-state index is 10.2. The van der Waals surface area contributed by atoms with E-state index in [1.165, 1.54) is 36.8 Å². The second-order valence-corrected chi connectivity index (χ2v) is 11.2. The first kappa shape index (κ1) is 20.4. The van der Waals surface area contributed by atoms with Crippen LogP contribution in [0.5, 0.6) is 0 Å². The zero-order valence-electron chi connectivity index (χ0n) is 19.3. The summed E-state index contributed by atoms with van der Waals surface area (Å²) in [6.45, 7) is 4.97. The van der Waals surface area contributed by atoms with Gasteiger partial charge in [0.1, 0.15) is 0 Å². The molecule has 0 bridgehead atoms. The Morgan fingerprint density at radius 3 is 2.78 bits per heavy atom. The van der Waals surface area contributed by atoms with Crippen molar-refractivity contribution in [2.24, 2.45) is 38.8 Å². The Morgan fingerprint density at radius 2 is 1.88 bits per heavy atom. The van der Waals surface area contributed by atoms with Crippen LogP contribution in [0.25, 0.3) is 10.9 Å². The van der Waals surface area contributed by atoms with E-state index in [2.05, 4.69) is 54.3 Å². The summed E-state index contributed by atoms with van der Waals surface area (Å²) in [5.74, 6) is 2.23. The fourth-order valence-corrected chi connectivity index (χ4v) is 7.96. The number of rotatable bonds is 2. The van der Waals surface area contributed by atoms with Gasteiger partial charge in [-0.05, 0) is 80.6 Å². The van der Waals surface area contributed by atoms with Crippen molar-refractivity contribution >= 4 is 22.8 Å². The molecule has 3 fully saturated rings. The minimum absolute atomic E-state index is 0.125. The summed E-state index contributed by atoms with van der Waals surface area (Å²) >= 11 is 0. The Labute approximate surface area is 190 Å². The van der Waals surface area contributed by atoms with Gasteiger partial charge in [0, 0.05) is 33.8 Å². The molecule has 1 aromatic heterocycles. The van der Waals surface area contributed by atoms with Crippen molar-refractivity contribution < 1.29 is 5.11 Å². The Hall–Kier alpha value is -2.20. The number of aliphatic hydroxyl groups excluding tert-OH is 1. The number of allylic oxidation sites excluding steroid dienone is 1. The molecule has 1 aromatic carbocycles. The lowest BCUT2D eigenvalue weighted by Crippen LogP contribution is -2.50. The number of aromatic nitrogens is 1. The van der Waals surface area contributed by atoms with Gasteiger partial charge in [0.05, 0.1) is 12.3 Å². The Bertz CT molecular complexity index is 1130. The van der Waals surface area contributed by atoms with Crippen LogP contribution in [-0.4, -0.2) is 28.1 Å². The standard InChI is InChI=1S/C28H35N3O/c1-27-13-11-20(32)15-19(27)7-8-22-23-9-10-26(28(23,2)14-12-24(22)27)31-30-17-18-16-29-25-6-4-3-5-21(18)25/h3-7,16-17,20,22-24,29,32H,8-15H2,1-2H3/b30-17+,31-26-/t20-,22-,23-,24-,27-,28-/m0/s1. The van der Waals surface area contributed by atoms with E-state index in [0.717, 1.165) is 48.6 Å². The molecule has 168 valence electrons. The fraction of sp³-hybridized carbons (Fsp3) is 0.571. The van der Waals surface area contributed by atoms with E-state index >= 15 is 0 Å². The van der Waals surface area contributed by atoms with Crippen molar-refractivity contribution in [1.29, 1.82) is 0 Å². The van der Waals surface area contributed by atoms with E-state index in [-0.39, 0.29) is 11.5 Å². The highest BCUT2D eigenvalue weighted by molar-refractivity contribution is 5.99. The van der Waals surface area contributed by atoms with Crippen LogP contribution in [0.3, 0.4) is 0 Å². The number of fused-ring (bicyclic) bond motifs is 6. The van der Waals surface area contributed by atoms with Gasteiger partial charge in [0.2, 0.25) is 0 Å². The van der Waals surface area contributed by atoms with Crippen molar-refractivity contribution in [2.75, 3.05) is 0 Å². The highest BCUT2D eigenvalue weighted by Gasteiger charge is 2.57. The number of hydrogen-bond acceptors (Lipinski definition) is 3. The molecule has 3 saturated carbocycles. The molecule has 0 amide bonds. The van der Waals surface area contributed by atoms with Crippen LogP contribution in [0, 0.1) is 28.6 Å². The number of nitrogens with zero attached hydrogens (tertiary/aromatic N) is 2. The second kappa shape index (κ2) is 7.41. The molecule has 4 nitrogen and oxygen atoms in total. The van der Waals surface area contributed by atoms with Crippen molar-refractivity contribution in [3.05, 3.63) is 47.7 Å². The molecule has 6 atom stereocenters. The fourth-order valence-electron chi connectivity index (χ4n) is 7.96. The summed E-state index contributed by atoms with van der Waals surface area (Å²) in [6, 6.07) is 8.34. The minimum Gasteiger partial charge on any atom is -0.393 e. The molecule has 6 rings (SSSR count). The number of aliphatic hydroxyl groups is 1. The van der Waals surface area contributed by atoms with Gasteiger partial charge in [-0.15, -0.1) is 0 Å². The quantitative estimate of drug-likeness (QED) is 0.330. The van der Waals surface area contributed by atoms with Crippen molar-refractivity contribution in [3.63, 3.8) is 0 Å². The largest absolute Gasteiger partial charge is 0.393 e. The van der Waals surface area contributed by atoms with Gasteiger partial charge in [-0.25, -0.2) is 0 Å². The molecule has 0 spiro atoms. The van der Waals surface area contributed by atoms with Crippen LogP contribution >= 0.6 is 0 Å². The van der Waals surface area contributed by atoms with E-state index in [0.29, 0.717) is 11.3 Å². The average Bonchev–Trinajstić information content (AvgIpc) is 3.35. The van der Waals surface area contributed by atoms with Crippen molar-refractivity contribution in [1.82, 2.24) is 4.98 Å². The maximum Gasteiger partial charge on any atom is 0.0589 e. The third-order valence-electron chi connectivity index (χ3n) is 9.82. The molecule has 0 unspecified atom stereocenters. The number of H-pyrrole nitrogens is 1. The molecule has 2 aromatic rings. The highest BCUT2D eigenvalue weighted by Crippen LogP contribution is 2.64. The van der Waals surface area contributed by atoms with Crippen molar-refractivity contribution in [3.8, 4) is 0 Å². The molecule has 0 radical (unpaired) electrons. The topological polar surface area (TPSA) is 60.7 Å². The van der Waals surface area contributed by atoms with Gasteiger partial charge in [-0.2, -0.15) is 10.2 Å². The van der Waals surface area contributed by atoms with Gasteiger partial charge in [0.25, 0.3) is 0 Å². The van der Waals surface area contributed by atoms with Crippen LogP contribution < -0.4 is 0 Å². The molecular formula is C28H35N3O. The Morgan fingerprint density at radius 1 is 1.06 bits per heavy atom. The van der Waals surface area contributed by atoms with E-state index in [9.17, 15) is 5.11 Å². The molecule has 1 heterocycles. The minimum atomic E-state index is -0.125. The lowest BCUT2D eigenvalue weighted by molar-refractivity contribution is -0.0209. The van der Waals surface area contributed by atoms with Gasteiger partial charge in [-0.1, -0.05) is 43.7 Å². The SMILES string of the molecule is C[C@]12CC[C@H](O)CC1=CC[C@@H]1[C@@H]2CC[C@]2(C)/C(=N\N=C\c3c[nH]c4ccccc34)CC[C@@H]12.